The molecule has 2 fully saturated rings. The number of thioether (sulfide) groups is 1. The van der Waals surface area contributed by atoms with Crippen LogP contribution in [0, 0.1) is 5.41 Å². The van der Waals surface area contributed by atoms with Gasteiger partial charge < -0.3 is 15.5 Å². The fraction of sp³-hybridized carbons (Fsp3) is 0.929. The summed E-state index contributed by atoms with van der Waals surface area (Å²) in [6, 6.07) is 0. The van der Waals surface area contributed by atoms with Gasteiger partial charge in [-0.3, -0.25) is 4.99 Å². The van der Waals surface area contributed by atoms with Gasteiger partial charge in [0.25, 0.3) is 0 Å². The first-order valence-corrected chi connectivity index (χ1v) is 8.57. The Labute approximate surface area is 144 Å². The fourth-order valence-electron chi connectivity index (χ4n) is 2.78. The second-order valence-electron chi connectivity index (χ2n) is 6.42. The molecule has 2 aliphatic heterocycles. The lowest BCUT2D eigenvalue weighted by atomic mass is 9.93. The van der Waals surface area contributed by atoms with E-state index in [-0.39, 0.29) is 29.4 Å². The molecule has 6 heteroatoms. The molecular weight excluding hydrogens is 383 g/mol. The first kappa shape index (κ1) is 18.4. The number of aliphatic imine (C=N–C) groups is 1. The third-order valence-electron chi connectivity index (χ3n) is 3.85. The smallest absolute Gasteiger partial charge is 0.191 e. The Hall–Kier alpha value is 0.310. The lowest BCUT2D eigenvalue weighted by Crippen LogP contribution is -2.43. The lowest BCUT2D eigenvalue weighted by Gasteiger charge is -2.30. The first-order valence-electron chi connectivity index (χ1n) is 7.42. The molecule has 4 nitrogen and oxygen atoms in total. The van der Waals surface area contributed by atoms with E-state index in [1.165, 1.54) is 37.4 Å². The number of halogens is 1. The third kappa shape index (κ3) is 5.97. The predicted octanol–water partition coefficient (Wildman–Crippen LogP) is 2.09. The van der Waals surface area contributed by atoms with E-state index in [0.717, 1.165) is 32.1 Å². The highest BCUT2D eigenvalue weighted by Crippen LogP contribution is 2.21. The van der Waals surface area contributed by atoms with Crippen LogP contribution in [0.5, 0.6) is 0 Å². The highest BCUT2D eigenvalue weighted by Gasteiger charge is 2.24. The van der Waals surface area contributed by atoms with Gasteiger partial charge in [-0.1, -0.05) is 13.8 Å². The Morgan fingerprint density at radius 2 is 1.75 bits per heavy atom. The Balaban J connectivity index is 0.00000200. The summed E-state index contributed by atoms with van der Waals surface area (Å²) in [5.74, 6) is 3.09. The van der Waals surface area contributed by atoms with Crippen molar-refractivity contribution >= 4 is 41.7 Å². The number of nitrogens with zero attached hydrogens (tertiary/aromatic N) is 3. The van der Waals surface area contributed by atoms with E-state index in [1.54, 1.807) is 0 Å². The highest BCUT2D eigenvalue weighted by molar-refractivity contribution is 14.0. The van der Waals surface area contributed by atoms with Crippen molar-refractivity contribution in [3.63, 3.8) is 0 Å². The van der Waals surface area contributed by atoms with Crippen LogP contribution in [-0.4, -0.2) is 66.5 Å². The number of likely N-dealkylation sites (tertiary alicyclic amines) is 1. The normalized spacial score (nSPS) is 21.9. The first-order chi connectivity index (χ1) is 9.07. The molecular formula is C14H29IN4S. The maximum Gasteiger partial charge on any atom is 0.191 e. The zero-order valence-electron chi connectivity index (χ0n) is 12.8. The fourth-order valence-corrected chi connectivity index (χ4v) is 3.69. The zero-order valence-corrected chi connectivity index (χ0v) is 16.0. The van der Waals surface area contributed by atoms with E-state index in [0.29, 0.717) is 0 Å². The van der Waals surface area contributed by atoms with Gasteiger partial charge in [0.15, 0.2) is 5.96 Å². The Kier molecular flexibility index (Phi) is 7.97. The molecule has 0 spiro atoms. The highest BCUT2D eigenvalue weighted by atomic mass is 127. The number of hydrogen-bond acceptors (Lipinski definition) is 3. The van der Waals surface area contributed by atoms with Crippen molar-refractivity contribution in [3.05, 3.63) is 0 Å². The number of nitrogens with two attached hydrogens (primary N) is 1. The van der Waals surface area contributed by atoms with Crippen LogP contribution < -0.4 is 5.73 Å². The molecule has 0 unspecified atom stereocenters. The van der Waals surface area contributed by atoms with E-state index in [2.05, 4.69) is 28.6 Å². The molecule has 0 bridgehead atoms. The lowest BCUT2D eigenvalue weighted by molar-refractivity contribution is 0.216. The molecule has 2 N–H and O–H groups in total. The quantitative estimate of drug-likeness (QED) is 0.437. The van der Waals surface area contributed by atoms with Crippen molar-refractivity contribution in [3.8, 4) is 0 Å². The van der Waals surface area contributed by atoms with Crippen molar-refractivity contribution in [2.75, 3.05) is 50.8 Å². The second-order valence-corrected chi connectivity index (χ2v) is 7.65. The molecule has 2 saturated heterocycles. The van der Waals surface area contributed by atoms with Crippen LogP contribution in [0.4, 0.5) is 0 Å². The summed E-state index contributed by atoms with van der Waals surface area (Å²) in [5.41, 5.74) is 6.34. The standard InChI is InChI=1S/C14H28N4S.HI/c1-14(2,12-17-5-3-4-6-17)11-16-13(15)18-7-9-19-10-8-18;/h3-12H2,1-2H3,(H2,15,16);1H. The third-order valence-corrected chi connectivity index (χ3v) is 4.80. The van der Waals surface area contributed by atoms with Crippen LogP contribution in [-0.2, 0) is 0 Å². The van der Waals surface area contributed by atoms with Crippen LogP contribution in [0.25, 0.3) is 0 Å². The molecule has 0 amide bonds. The van der Waals surface area contributed by atoms with Crippen molar-refractivity contribution in [1.29, 1.82) is 0 Å². The minimum Gasteiger partial charge on any atom is -0.370 e. The molecule has 2 rings (SSSR count). The second kappa shape index (κ2) is 8.68. The summed E-state index contributed by atoms with van der Waals surface area (Å²) >= 11 is 2.00. The largest absolute Gasteiger partial charge is 0.370 e. The van der Waals surface area contributed by atoms with Crippen molar-refractivity contribution < 1.29 is 0 Å². The van der Waals surface area contributed by atoms with E-state index >= 15 is 0 Å². The number of rotatable bonds is 4. The summed E-state index contributed by atoms with van der Waals surface area (Å²) in [5, 5.41) is 0. The average Bonchev–Trinajstić information content (AvgIpc) is 2.89. The molecule has 0 aromatic carbocycles. The molecule has 0 aromatic heterocycles. The van der Waals surface area contributed by atoms with Gasteiger partial charge >= 0.3 is 0 Å². The van der Waals surface area contributed by atoms with Crippen molar-refractivity contribution in [1.82, 2.24) is 9.80 Å². The van der Waals surface area contributed by atoms with Crippen molar-refractivity contribution in [2.45, 2.75) is 26.7 Å². The van der Waals surface area contributed by atoms with Gasteiger partial charge in [0.2, 0.25) is 0 Å². The van der Waals surface area contributed by atoms with Gasteiger partial charge in [-0.2, -0.15) is 11.8 Å². The summed E-state index contributed by atoms with van der Waals surface area (Å²) < 4.78 is 0. The minimum absolute atomic E-state index is 0. The molecule has 0 aromatic rings. The van der Waals surface area contributed by atoms with Gasteiger partial charge in [-0.15, -0.1) is 24.0 Å². The molecule has 0 radical (unpaired) electrons. The summed E-state index contributed by atoms with van der Waals surface area (Å²) in [7, 11) is 0. The zero-order chi connectivity index (χ0) is 13.7. The maximum atomic E-state index is 6.12. The van der Waals surface area contributed by atoms with Crippen LogP contribution in [0.15, 0.2) is 4.99 Å². The Morgan fingerprint density at radius 1 is 1.15 bits per heavy atom. The molecule has 0 saturated carbocycles. The molecule has 0 aliphatic carbocycles. The molecule has 2 heterocycles. The van der Waals surface area contributed by atoms with Crippen molar-refractivity contribution in [2.24, 2.45) is 16.1 Å². The van der Waals surface area contributed by atoms with E-state index in [9.17, 15) is 0 Å². The minimum atomic E-state index is 0. The molecule has 20 heavy (non-hydrogen) atoms. The van der Waals surface area contributed by atoms with Gasteiger partial charge in [-0.05, 0) is 31.3 Å². The maximum absolute atomic E-state index is 6.12. The van der Waals surface area contributed by atoms with E-state index < -0.39 is 0 Å². The molecule has 0 atom stereocenters. The molecule has 118 valence electrons. The van der Waals surface area contributed by atoms with Crippen LogP contribution >= 0.6 is 35.7 Å². The van der Waals surface area contributed by atoms with E-state index in [4.69, 9.17) is 5.73 Å². The van der Waals surface area contributed by atoms with Crippen LogP contribution in [0.2, 0.25) is 0 Å². The van der Waals surface area contributed by atoms with E-state index in [1.807, 2.05) is 11.8 Å². The van der Waals surface area contributed by atoms with Crippen LogP contribution in [0.3, 0.4) is 0 Å². The number of guanidine groups is 1. The summed E-state index contributed by atoms with van der Waals surface area (Å²) in [6.45, 7) is 11.2. The van der Waals surface area contributed by atoms with Gasteiger partial charge in [0.1, 0.15) is 0 Å². The van der Waals surface area contributed by atoms with Gasteiger partial charge in [0, 0.05) is 37.7 Å². The monoisotopic (exact) mass is 412 g/mol. The SMILES string of the molecule is CC(C)(CN=C(N)N1CCSCC1)CN1CCCC1.I. The molecule has 2 aliphatic rings. The van der Waals surface area contributed by atoms with Gasteiger partial charge in [0.05, 0.1) is 0 Å². The summed E-state index contributed by atoms with van der Waals surface area (Å²) in [6.07, 6.45) is 2.71. The van der Waals surface area contributed by atoms with Crippen LogP contribution in [0.1, 0.15) is 26.7 Å². The predicted molar refractivity (Wildman–Crippen MR) is 100 cm³/mol. The number of hydrogen-bond donors (Lipinski definition) is 1. The topological polar surface area (TPSA) is 44.9 Å². The summed E-state index contributed by atoms with van der Waals surface area (Å²) in [4.78, 5) is 9.43. The Bertz CT molecular complexity index is 310. The Morgan fingerprint density at radius 3 is 2.35 bits per heavy atom. The van der Waals surface area contributed by atoms with Gasteiger partial charge in [-0.25, -0.2) is 0 Å². The average molecular weight is 412 g/mol.